The van der Waals surface area contributed by atoms with Gasteiger partial charge in [-0.2, -0.15) is 0 Å². The number of nitrogens with zero attached hydrogens (tertiary/aromatic N) is 2. The van der Waals surface area contributed by atoms with E-state index in [2.05, 4.69) is 10.3 Å². The highest BCUT2D eigenvalue weighted by Crippen LogP contribution is 2.25. The van der Waals surface area contributed by atoms with E-state index < -0.39 is 0 Å². The number of anilines is 1. The molecular weight excluding hydrogens is 313 g/mol. The second-order valence-corrected chi connectivity index (χ2v) is 5.39. The van der Waals surface area contributed by atoms with Gasteiger partial charge in [0.15, 0.2) is 0 Å². The van der Waals surface area contributed by atoms with E-state index in [1.165, 1.54) is 10.6 Å². The molecule has 0 aliphatic rings. The van der Waals surface area contributed by atoms with Gasteiger partial charge in [-0.15, -0.1) is 0 Å². The van der Waals surface area contributed by atoms with E-state index in [9.17, 15) is 9.59 Å². The molecule has 0 saturated heterocycles. The summed E-state index contributed by atoms with van der Waals surface area (Å²) in [6.45, 7) is 3.26. The molecule has 5 nitrogen and oxygen atoms in total. The summed E-state index contributed by atoms with van der Waals surface area (Å²) < 4.78 is 1.29. The van der Waals surface area contributed by atoms with E-state index in [0.717, 1.165) is 0 Å². The van der Waals surface area contributed by atoms with Crippen LogP contribution in [0.15, 0.2) is 29.1 Å². The van der Waals surface area contributed by atoms with Crippen LogP contribution in [0.2, 0.25) is 10.0 Å². The number of benzene rings is 1. The van der Waals surface area contributed by atoms with Gasteiger partial charge >= 0.3 is 0 Å². The standard InChI is InChI=1S/C14H13Cl2N3O2/c1-8-5-14(21)19(9(2)17-8)7-13(20)18-12-6-10(15)3-4-11(12)16/h3-6H,7H2,1-2H3,(H,18,20). The molecule has 2 rings (SSSR count). The largest absolute Gasteiger partial charge is 0.323 e. The van der Waals surface area contributed by atoms with E-state index in [0.29, 0.717) is 27.3 Å². The lowest BCUT2D eigenvalue weighted by Gasteiger charge is -2.11. The zero-order valence-electron chi connectivity index (χ0n) is 11.5. The Kier molecular flexibility index (Phi) is 4.65. The Morgan fingerprint density at radius 1 is 1.29 bits per heavy atom. The van der Waals surface area contributed by atoms with Crippen molar-refractivity contribution in [1.29, 1.82) is 0 Å². The van der Waals surface area contributed by atoms with E-state index in [1.807, 2.05) is 0 Å². The van der Waals surface area contributed by atoms with Gasteiger partial charge < -0.3 is 5.32 Å². The number of carbonyl (C=O) groups excluding carboxylic acids is 1. The zero-order valence-corrected chi connectivity index (χ0v) is 13.0. The first kappa shape index (κ1) is 15.5. The minimum absolute atomic E-state index is 0.138. The molecule has 2 aromatic rings. The minimum Gasteiger partial charge on any atom is -0.323 e. The number of aromatic nitrogens is 2. The maximum absolute atomic E-state index is 12.0. The molecule has 0 saturated carbocycles. The van der Waals surface area contributed by atoms with Crippen LogP contribution in [-0.4, -0.2) is 15.5 Å². The fourth-order valence-corrected chi connectivity index (χ4v) is 2.22. The lowest BCUT2D eigenvalue weighted by molar-refractivity contribution is -0.116. The molecule has 7 heteroatoms. The summed E-state index contributed by atoms with van der Waals surface area (Å²) in [6.07, 6.45) is 0. The van der Waals surface area contributed by atoms with Crippen molar-refractivity contribution in [3.63, 3.8) is 0 Å². The Bertz CT molecular complexity index is 756. The van der Waals surface area contributed by atoms with E-state index in [1.54, 1.807) is 32.0 Å². The van der Waals surface area contributed by atoms with Gasteiger partial charge in [-0.1, -0.05) is 23.2 Å². The van der Waals surface area contributed by atoms with E-state index in [-0.39, 0.29) is 18.0 Å². The van der Waals surface area contributed by atoms with Crippen LogP contribution < -0.4 is 10.9 Å². The Balaban J connectivity index is 2.20. The van der Waals surface area contributed by atoms with Crippen LogP contribution in [0.1, 0.15) is 11.5 Å². The predicted octanol–water partition coefficient (Wildman–Crippen LogP) is 2.81. The third-order valence-corrected chi connectivity index (χ3v) is 3.40. The van der Waals surface area contributed by atoms with Crippen molar-refractivity contribution in [2.45, 2.75) is 20.4 Å². The number of amides is 1. The number of hydrogen-bond donors (Lipinski definition) is 1. The van der Waals surface area contributed by atoms with Gasteiger partial charge in [0.1, 0.15) is 12.4 Å². The third-order valence-electron chi connectivity index (χ3n) is 2.83. The minimum atomic E-state index is -0.380. The fourth-order valence-electron chi connectivity index (χ4n) is 1.88. The molecule has 21 heavy (non-hydrogen) atoms. The molecule has 0 bridgehead atoms. The van der Waals surface area contributed by atoms with Crippen molar-refractivity contribution >= 4 is 34.8 Å². The normalized spacial score (nSPS) is 10.5. The van der Waals surface area contributed by atoms with Crippen LogP contribution in [0.3, 0.4) is 0 Å². The maximum atomic E-state index is 12.0. The number of hydrogen-bond acceptors (Lipinski definition) is 3. The van der Waals surface area contributed by atoms with Crippen molar-refractivity contribution in [2.75, 3.05) is 5.32 Å². The Hall–Kier alpha value is -1.85. The molecule has 0 aliphatic carbocycles. The van der Waals surface area contributed by atoms with Crippen LogP contribution in [-0.2, 0) is 11.3 Å². The predicted molar refractivity (Wildman–Crippen MR) is 83.1 cm³/mol. The second-order valence-electron chi connectivity index (χ2n) is 4.54. The molecule has 1 aromatic heterocycles. The first-order chi connectivity index (χ1) is 9.86. The van der Waals surface area contributed by atoms with Gasteiger partial charge in [0.25, 0.3) is 5.56 Å². The first-order valence-electron chi connectivity index (χ1n) is 6.17. The van der Waals surface area contributed by atoms with Gasteiger partial charge in [0.05, 0.1) is 10.7 Å². The molecular formula is C14H13Cl2N3O2. The van der Waals surface area contributed by atoms with Gasteiger partial charge in [-0.3, -0.25) is 14.2 Å². The van der Waals surface area contributed by atoms with Crippen LogP contribution in [0, 0.1) is 13.8 Å². The summed E-state index contributed by atoms with van der Waals surface area (Å²) in [6, 6.07) is 6.14. The Morgan fingerprint density at radius 2 is 2.00 bits per heavy atom. The van der Waals surface area contributed by atoms with Crippen molar-refractivity contribution in [1.82, 2.24) is 9.55 Å². The van der Waals surface area contributed by atoms with Crippen molar-refractivity contribution in [3.8, 4) is 0 Å². The molecule has 0 fully saturated rings. The lowest BCUT2D eigenvalue weighted by Crippen LogP contribution is -2.30. The van der Waals surface area contributed by atoms with Crippen molar-refractivity contribution < 1.29 is 4.79 Å². The summed E-state index contributed by atoms with van der Waals surface area (Å²) in [5.74, 6) is 0.0994. The first-order valence-corrected chi connectivity index (χ1v) is 6.92. The van der Waals surface area contributed by atoms with Gasteiger partial charge in [-0.25, -0.2) is 4.98 Å². The molecule has 110 valence electrons. The summed E-state index contributed by atoms with van der Waals surface area (Å²) in [7, 11) is 0. The van der Waals surface area contributed by atoms with Crippen LogP contribution in [0.5, 0.6) is 0 Å². The highest BCUT2D eigenvalue weighted by Gasteiger charge is 2.10. The van der Waals surface area contributed by atoms with Gasteiger partial charge in [0.2, 0.25) is 5.91 Å². The molecule has 1 amide bonds. The third kappa shape index (κ3) is 3.83. The van der Waals surface area contributed by atoms with Gasteiger partial charge in [0, 0.05) is 16.8 Å². The quantitative estimate of drug-likeness (QED) is 0.943. The molecule has 1 heterocycles. The van der Waals surface area contributed by atoms with Crippen LogP contribution in [0.4, 0.5) is 5.69 Å². The molecule has 0 aliphatic heterocycles. The molecule has 1 aromatic carbocycles. The highest BCUT2D eigenvalue weighted by atomic mass is 35.5. The number of carbonyl (C=O) groups is 1. The molecule has 1 N–H and O–H groups in total. The number of nitrogens with one attached hydrogen (secondary N) is 1. The van der Waals surface area contributed by atoms with Crippen molar-refractivity contribution in [3.05, 3.63) is 56.2 Å². The fraction of sp³-hybridized carbons (Fsp3) is 0.214. The van der Waals surface area contributed by atoms with Crippen LogP contribution in [0.25, 0.3) is 0 Å². The summed E-state index contributed by atoms with van der Waals surface area (Å²) in [5.41, 5.74) is 0.749. The summed E-state index contributed by atoms with van der Waals surface area (Å²) in [5, 5.41) is 3.46. The smallest absolute Gasteiger partial charge is 0.254 e. The Morgan fingerprint density at radius 3 is 2.67 bits per heavy atom. The summed E-state index contributed by atoms with van der Waals surface area (Å²) >= 11 is 11.8. The molecule has 0 atom stereocenters. The van der Waals surface area contributed by atoms with E-state index >= 15 is 0 Å². The topological polar surface area (TPSA) is 64.0 Å². The molecule has 0 spiro atoms. The number of aryl methyl sites for hydroxylation is 2. The molecule has 0 radical (unpaired) electrons. The number of halogens is 2. The van der Waals surface area contributed by atoms with Crippen LogP contribution >= 0.6 is 23.2 Å². The monoisotopic (exact) mass is 325 g/mol. The second kappa shape index (κ2) is 6.28. The van der Waals surface area contributed by atoms with Gasteiger partial charge in [-0.05, 0) is 32.0 Å². The Labute approximate surface area is 131 Å². The maximum Gasteiger partial charge on any atom is 0.254 e. The summed E-state index contributed by atoms with van der Waals surface area (Å²) in [4.78, 5) is 28.1. The average Bonchev–Trinajstić information content (AvgIpc) is 2.38. The average molecular weight is 326 g/mol. The highest BCUT2D eigenvalue weighted by molar-refractivity contribution is 6.35. The lowest BCUT2D eigenvalue weighted by atomic mass is 10.3. The van der Waals surface area contributed by atoms with Crippen molar-refractivity contribution in [2.24, 2.45) is 0 Å². The zero-order chi connectivity index (χ0) is 15.6. The number of rotatable bonds is 3. The van der Waals surface area contributed by atoms with E-state index in [4.69, 9.17) is 23.2 Å². The SMILES string of the molecule is Cc1cc(=O)n(CC(=O)Nc2cc(Cl)ccc2Cl)c(C)n1. The molecule has 0 unspecified atom stereocenters.